The maximum Gasteiger partial charge on any atom is 0.245 e. The first kappa shape index (κ1) is 16.4. The zero-order chi connectivity index (χ0) is 17.3. The zero-order valence-corrected chi connectivity index (χ0v) is 14.2. The van der Waals surface area contributed by atoms with E-state index in [2.05, 4.69) is 4.98 Å². The third kappa shape index (κ3) is 2.87. The number of benzene rings is 1. The number of methoxy groups -OCH3 is 1. The highest BCUT2D eigenvalue weighted by molar-refractivity contribution is 5.94. The van der Waals surface area contributed by atoms with Crippen LogP contribution in [-0.4, -0.2) is 64.0 Å². The normalized spacial score (nSPS) is 18.7. The van der Waals surface area contributed by atoms with Crippen LogP contribution in [0.1, 0.15) is 12.7 Å². The number of hydrogen-bond donors (Lipinski definition) is 0. The first-order chi connectivity index (χ1) is 11.5. The number of nitrogens with zero attached hydrogens (tertiary/aromatic N) is 4. The molecule has 1 aliphatic heterocycles. The Morgan fingerprint density at radius 2 is 2.04 bits per heavy atom. The van der Waals surface area contributed by atoms with Crippen LogP contribution in [0, 0.1) is 0 Å². The van der Waals surface area contributed by atoms with E-state index in [4.69, 9.17) is 4.74 Å². The molecule has 0 aliphatic carbocycles. The predicted octanol–water partition coefficient (Wildman–Crippen LogP) is 0.779. The van der Waals surface area contributed by atoms with E-state index in [0.29, 0.717) is 19.7 Å². The van der Waals surface area contributed by atoms with Gasteiger partial charge in [0.15, 0.2) is 0 Å². The van der Waals surface area contributed by atoms with E-state index in [9.17, 15) is 9.59 Å². The Bertz CT molecular complexity index is 770. The van der Waals surface area contributed by atoms with Gasteiger partial charge in [-0.1, -0.05) is 12.1 Å². The van der Waals surface area contributed by atoms with Gasteiger partial charge in [0, 0.05) is 20.7 Å². The van der Waals surface area contributed by atoms with Gasteiger partial charge in [-0.15, -0.1) is 0 Å². The molecule has 24 heavy (non-hydrogen) atoms. The average molecular weight is 330 g/mol. The van der Waals surface area contributed by atoms with Gasteiger partial charge in [0.1, 0.15) is 11.9 Å². The lowest BCUT2D eigenvalue weighted by atomic mass is 10.1. The summed E-state index contributed by atoms with van der Waals surface area (Å²) in [5.41, 5.74) is 1.90. The minimum absolute atomic E-state index is 0.0505. The zero-order valence-electron chi connectivity index (χ0n) is 14.2. The number of imidazole rings is 1. The molecule has 0 unspecified atom stereocenters. The molecule has 1 aromatic carbocycles. The van der Waals surface area contributed by atoms with E-state index in [-0.39, 0.29) is 18.4 Å². The number of amides is 2. The van der Waals surface area contributed by atoms with E-state index in [1.54, 1.807) is 23.8 Å². The minimum Gasteiger partial charge on any atom is -0.383 e. The monoisotopic (exact) mass is 330 g/mol. The second-order valence-corrected chi connectivity index (χ2v) is 6.03. The summed E-state index contributed by atoms with van der Waals surface area (Å²) in [6.45, 7) is 3.05. The van der Waals surface area contributed by atoms with Gasteiger partial charge in [0.2, 0.25) is 11.8 Å². The summed E-state index contributed by atoms with van der Waals surface area (Å²) < 4.78 is 6.97. The average Bonchev–Trinajstić information content (AvgIpc) is 2.90. The van der Waals surface area contributed by atoms with E-state index in [1.807, 2.05) is 35.9 Å². The van der Waals surface area contributed by atoms with Crippen LogP contribution in [0.5, 0.6) is 0 Å². The van der Waals surface area contributed by atoms with E-state index in [1.165, 1.54) is 0 Å². The molecule has 2 amide bonds. The highest BCUT2D eigenvalue weighted by Crippen LogP contribution is 2.19. The van der Waals surface area contributed by atoms with Crippen molar-refractivity contribution in [2.45, 2.75) is 19.5 Å². The Morgan fingerprint density at radius 1 is 1.29 bits per heavy atom. The molecule has 0 saturated carbocycles. The molecule has 3 rings (SSSR count). The molecule has 1 fully saturated rings. The Balaban J connectivity index is 1.80. The quantitative estimate of drug-likeness (QED) is 0.812. The van der Waals surface area contributed by atoms with Gasteiger partial charge in [0.05, 0.1) is 30.7 Å². The molecule has 0 bridgehead atoms. The maximum atomic E-state index is 12.5. The molecule has 1 aromatic heterocycles. The van der Waals surface area contributed by atoms with Crippen LogP contribution in [0.4, 0.5) is 0 Å². The number of aryl methyl sites for hydroxylation is 1. The number of piperazine rings is 1. The fraction of sp³-hybridized carbons (Fsp3) is 0.471. The highest BCUT2D eigenvalue weighted by Gasteiger charge is 2.36. The van der Waals surface area contributed by atoms with Crippen molar-refractivity contribution in [2.75, 3.05) is 26.8 Å². The second kappa shape index (κ2) is 6.60. The smallest absolute Gasteiger partial charge is 0.245 e. The molecule has 0 radical (unpaired) electrons. The predicted molar refractivity (Wildman–Crippen MR) is 89.2 cm³/mol. The summed E-state index contributed by atoms with van der Waals surface area (Å²) in [5.74, 6) is 0.658. The largest absolute Gasteiger partial charge is 0.383 e. The summed E-state index contributed by atoms with van der Waals surface area (Å²) in [7, 11) is 3.51. The van der Waals surface area contributed by atoms with Gasteiger partial charge in [-0.25, -0.2) is 4.98 Å². The Hall–Kier alpha value is -2.41. The number of ether oxygens (including phenoxy) is 1. The molecular formula is C17H22N4O3. The number of carbonyl (C=O) groups excluding carboxylic acids is 2. The van der Waals surface area contributed by atoms with Crippen molar-refractivity contribution in [2.24, 2.45) is 7.05 Å². The summed E-state index contributed by atoms with van der Waals surface area (Å²) in [4.78, 5) is 32.7. The second-order valence-electron chi connectivity index (χ2n) is 6.03. The molecule has 7 nitrogen and oxygen atoms in total. The third-order valence-corrected chi connectivity index (χ3v) is 4.54. The molecule has 1 atom stereocenters. The Morgan fingerprint density at radius 3 is 2.75 bits per heavy atom. The van der Waals surface area contributed by atoms with Gasteiger partial charge < -0.3 is 19.1 Å². The van der Waals surface area contributed by atoms with Crippen LogP contribution in [0.2, 0.25) is 0 Å². The minimum atomic E-state index is -0.497. The SMILES string of the molecule is COCCN1CC(=O)N(Cc2nc3ccccc3n2C)[C@@H](C)C1=O. The molecule has 0 N–H and O–H groups in total. The van der Waals surface area contributed by atoms with Crippen molar-refractivity contribution in [3.63, 3.8) is 0 Å². The van der Waals surface area contributed by atoms with Gasteiger partial charge >= 0.3 is 0 Å². The Labute approximate surface area is 140 Å². The van der Waals surface area contributed by atoms with Crippen molar-refractivity contribution in [3.8, 4) is 0 Å². The van der Waals surface area contributed by atoms with Crippen molar-refractivity contribution in [3.05, 3.63) is 30.1 Å². The first-order valence-electron chi connectivity index (χ1n) is 8.00. The van der Waals surface area contributed by atoms with Gasteiger partial charge in [0.25, 0.3) is 0 Å². The van der Waals surface area contributed by atoms with Crippen molar-refractivity contribution in [1.82, 2.24) is 19.4 Å². The Kier molecular flexibility index (Phi) is 4.53. The molecule has 1 saturated heterocycles. The lowest BCUT2D eigenvalue weighted by Gasteiger charge is -2.38. The lowest BCUT2D eigenvalue weighted by molar-refractivity contribution is -0.156. The van der Waals surface area contributed by atoms with Crippen LogP contribution in [-0.2, 0) is 27.9 Å². The number of hydrogen-bond acceptors (Lipinski definition) is 4. The van der Waals surface area contributed by atoms with E-state index < -0.39 is 6.04 Å². The van der Waals surface area contributed by atoms with Gasteiger partial charge in [-0.05, 0) is 19.1 Å². The van der Waals surface area contributed by atoms with Crippen LogP contribution < -0.4 is 0 Å². The molecule has 128 valence electrons. The van der Waals surface area contributed by atoms with Crippen molar-refractivity contribution in [1.29, 1.82) is 0 Å². The standard InChI is InChI=1S/C17H22N4O3/c1-12-17(23)20(8-9-24-3)11-16(22)21(12)10-15-18-13-6-4-5-7-14(13)19(15)2/h4-7,12H,8-11H2,1-3H3/t12-/m0/s1. The molecule has 0 spiro atoms. The molecule has 2 aromatic rings. The van der Waals surface area contributed by atoms with Gasteiger partial charge in [-0.2, -0.15) is 0 Å². The van der Waals surface area contributed by atoms with E-state index >= 15 is 0 Å². The lowest BCUT2D eigenvalue weighted by Crippen LogP contribution is -2.59. The summed E-state index contributed by atoms with van der Waals surface area (Å²) in [5, 5.41) is 0. The summed E-state index contributed by atoms with van der Waals surface area (Å²) in [6.07, 6.45) is 0. The number of aromatic nitrogens is 2. The third-order valence-electron chi connectivity index (χ3n) is 4.54. The summed E-state index contributed by atoms with van der Waals surface area (Å²) >= 11 is 0. The van der Waals surface area contributed by atoms with Crippen LogP contribution in [0.3, 0.4) is 0 Å². The molecule has 1 aliphatic rings. The summed E-state index contributed by atoms with van der Waals surface area (Å²) in [6, 6.07) is 7.33. The molecule has 7 heteroatoms. The van der Waals surface area contributed by atoms with Crippen LogP contribution in [0.15, 0.2) is 24.3 Å². The van der Waals surface area contributed by atoms with Crippen molar-refractivity contribution < 1.29 is 14.3 Å². The topological polar surface area (TPSA) is 67.7 Å². The van der Waals surface area contributed by atoms with Crippen molar-refractivity contribution >= 4 is 22.8 Å². The fourth-order valence-electron chi connectivity index (χ4n) is 3.05. The van der Waals surface area contributed by atoms with Crippen LogP contribution >= 0.6 is 0 Å². The van der Waals surface area contributed by atoms with Gasteiger partial charge in [-0.3, -0.25) is 9.59 Å². The highest BCUT2D eigenvalue weighted by atomic mass is 16.5. The van der Waals surface area contributed by atoms with Crippen LogP contribution in [0.25, 0.3) is 11.0 Å². The maximum absolute atomic E-state index is 12.5. The number of rotatable bonds is 5. The first-order valence-corrected chi connectivity index (χ1v) is 8.00. The fourth-order valence-corrected chi connectivity index (χ4v) is 3.05. The molecular weight excluding hydrogens is 308 g/mol. The number of para-hydroxylation sites is 2. The number of fused-ring (bicyclic) bond motifs is 1. The van der Waals surface area contributed by atoms with E-state index in [0.717, 1.165) is 16.9 Å². The number of carbonyl (C=O) groups is 2. The molecule has 2 heterocycles.